The molecule has 1 heterocycles. The fourth-order valence-corrected chi connectivity index (χ4v) is 2.51. The van der Waals surface area contributed by atoms with Crippen molar-refractivity contribution in [1.29, 1.82) is 0 Å². The molecular weight excluding hydrogens is 425 g/mol. The van der Waals surface area contributed by atoms with E-state index in [-0.39, 0.29) is 13.2 Å². The van der Waals surface area contributed by atoms with Crippen molar-refractivity contribution in [3.8, 4) is 11.5 Å². The molecule has 1 aromatic carbocycles. The Kier molecular flexibility index (Phi) is 8.00. The number of carboxylic acid groups (broad SMARTS) is 1. The van der Waals surface area contributed by atoms with Crippen LogP contribution in [0.25, 0.3) is 0 Å². The number of halogens is 3. The highest BCUT2D eigenvalue weighted by atomic mass is 19.4. The summed E-state index contributed by atoms with van der Waals surface area (Å²) in [5.41, 5.74) is -2.36. The molecule has 0 fully saturated rings. The highest BCUT2D eigenvalue weighted by molar-refractivity contribution is 5.71. The lowest BCUT2D eigenvalue weighted by atomic mass is 10.2. The summed E-state index contributed by atoms with van der Waals surface area (Å²) >= 11 is 0. The van der Waals surface area contributed by atoms with Crippen LogP contribution >= 0.6 is 0 Å². The van der Waals surface area contributed by atoms with Gasteiger partial charge in [0, 0.05) is 0 Å². The van der Waals surface area contributed by atoms with E-state index < -0.39 is 47.8 Å². The van der Waals surface area contributed by atoms with Crippen molar-refractivity contribution >= 4 is 5.97 Å². The lowest BCUT2D eigenvalue weighted by molar-refractivity contribution is -0.150. The quantitative estimate of drug-likeness (QED) is 0.564. The molecule has 0 aliphatic carbocycles. The first-order chi connectivity index (χ1) is 14.5. The fourth-order valence-electron chi connectivity index (χ4n) is 2.51. The van der Waals surface area contributed by atoms with Crippen molar-refractivity contribution in [2.45, 2.75) is 31.9 Å². The van der Waals surface area contributed by atoms with Gasteiger partial charge >= 0.3 is 12.1 Å². The largest absolute Gasteiger partial charge is 0.497 e. The average molecular weight is 446 g/mol. The van der Waals surface area contributed by atoms with Crippen LogP contribution in [0.3, 0.4) is 0 Å². The van der Waals surface area contributed by atoms with Gasteiger partial charge in [-0.25, -0.2) is 9.48 Å². The number of aliphatic hydroxyl groups excluding tert-OH is 1. The second-order valence-corrected chi connectivity index (χ2v) is 6.51. The highest BCUT2D eigenvalue weighted by Crippen LogP contribution is 2.33. The number of nitrogens with zero attached hydrogens (tertiary/aromatic N) is 2. The molecule has 0 bridgehead atoms. The van der Waals surface area contributed by atoms with E-state index in [1.807, 2.05) is 0 Å². The molecule has 9 nitrogen and oxygen atoms in total. The molecule has 2 atom stereocenters. The van der Waals surface area contributed by atoms with E-state index in [4.69, 9.17) is 24.4 Å². The molecule has 2 unspecified atom stereocenters. The normalized spacial score (nSPS) is 13.5. The maximum atomic E-state index is 13.6. The molecule has 0 saturated heterocycles. The third-order valence-electron chi connectivity index (χ3n) is 4.03. The Morgan fingerprint density at radius 2 is 1.87 bits per heavy atom. The average Bonchev–Trinajstić information content (AvgIpc) is 2.69. The topological polar surface area (TPSA) is 120 Å². The van der Waals surface area contributed by atoms with Crippen LogP contribution in [0.1, 0.15) is 18.1 Å². The number of carbonyl (C=O) groups is 1. The maximum absolute atomic E-state index is 13.6. The number of hydrogen-bond acceptors (Lipinski definition) is 7. The van der Waals surface area contributed by atoms with Gasteiger partial charge in [0.25, 0.3) is 5.56 Å². The first-order valence-corrected chi connectivity index (χ1v) is 8.98. The predicted octanol–water partition coefficient (Wildman–Crippen LogP) is 1.55. The van der Waals surface area contributed by atoms with Gasteiger partial charge in [-0.15, -0.1) is 0 Å². The monoisotopic (exact) mass is 446 g/mol. The highest BCUT2D eigenvalue weighted by Gasteiger charge is 2.39. The molecule has 0 aliphatic heterocycles. The Hall–Kier alpha value is -3.12. The van der Waals surface area contributed by atoms with Crippen LogP contribution in [-0.4, -0.2) is 58.5 Å². The molecule has 12 heteroatoms. The summed E-state index contributed by atoms with van der Waals surface area (Å²) in [6.07, 6.45) is -6.98. The standard InChI is InChI=1S/C19H21F3N2O7/c1-11(9-30-10-14(25)18(27)28)31-15-7-23-24(17(26)16(15)19(20,21)22)8-12-3-5-13(29-2)6-4-12/h3-7,11,14,25H,8-10H2,1-2H3,(H,27,28). The van der Waals surface area contributed by atoms with Crippen LogP contribution in [0.2, 0.25) is 0 Å². The van der Waals surface area contributed by atoms with Crippen LogP contribution in [0.5, 0.6) is 11.5 Å². The summed E-state index contributed by atoms with van der Waals surface area (Å²) in [5.74, 6) is -1.73. The van der Waals surface area contributed by atoms with Gasteiger partial charge in [-0.3, -0.25) is 4.79 Å². The van der Waals surface area contributed by atoms with Gasteiger partial charge in [0.15, 0.2) is 17.4 Å². The number of hydrogen-bond donors (Lipinski definition) is 2. The lowest BCUT2D eigenvalue weighted by Gasteiger charge is -2.19. The number of benzene rings is 1. The Morgan fingerprint density at radius 3 is 2.42 bits per heavy atom. The number of carboxylic acids is 1. The van der Waals surface area contributed by atoms with Crippen molar-refractivity contribution in [2.24, 2.45) is 0 Å². The Bertz CT molecular complexity index is 945. The van der Waals surface area contributed by atoms with E-state index in [1.54, 1.807) is 24.3 Å². The molecule has 0 spiro atoms. The van der Waals surface area contributed by atoms with E-state index >= 15 is 0 Å². The van der Waals surface area contributed by atoms with Gasteiger partial charge in [-0.1, -0.05) is 12.1 Å². The second-order valence-electron chi connectivity index (χ2n) is 6.51. The number of aromatic nitrogens is 2. The Balaban J connectivity index is 2.19. The zero-order valence-corrected chi connectivity index (χ0v) is 16.6. The van der Waals surface area contributed by atoms with Crippen molar-refractivity contribution in [2.75, 3.05) is 20.3 Å². The number of methoxy groups -OCH3 is 1. The number of alkyl halides is 3. The van der Waals surface area contributed by atoms with E-state index in [0.717, 1.165) is 6.20 Å². The molecule has 0 amide bonds. The minimum atomic E-state index is -5.00. The lowest BCUT2D eigenvalue weighted by Crippen LogP contribution is -2.33. The van der Waals surface area contributed by atoms with Crippen molar-refractivity contribution in [1.82, 2.24) is 9.78 Å². The number of aliphatic hydroxyl groups is 1. The summed E-state index contributed by atoms with van der Waals surface area (Å²) in [5, 5.41) is 21.4. The fraction of sp³-hybridized carbons (Fsp3) is 0.421. The van der Waals surface area contributed by atoms with Gasteiger partial charge in [0.2, 0.25) is 0 Å². The van der Waals surface area contributed by atoms with Gasteiger partial charge in [0.05, 0.1) is 33.1 Å². The van der Waals surface area contributed by atoms with E-state index in [1.165, 1.54) is 14.0 Å². The van der Waals surface area contributed by atoms with E-state index in [9.17, 15) is 22.8 Å². The second kappa shape index (κ2) is 10.3. The third kappa shape index (κ3) is 6.69. The van der Waals surface area contributed by atoms with E-state index in [2.05, 4.69) is 5.10 Å². The van der Waals surface area contributed by atoms with Crippen LogP contribution in [0, 0.1) is 0 Å². The number of aliphatic carboxylic acids is 1. The third-order valence-corrected chi connectivity index (χ3v) is 4.03. The molecule has 0 saturated carbocycles. The minimum absolute atomic E-state index is 0.196. The van der Waals surface area contributed by atoms with Gasteiger partial charge in [-0.05, 0) is 24.6 Å². The zero-order valence-electron chi connectivity index (χ0n) is 16.6. The van der Waals surface area contributed by atoms with Gasteiger partial charge in [0.1, 0.15) is 11.9 Å². The molecule has 170 valence electrons. The van der Waals surface area contributed by atoms with Gasteiger partial charge < -0.3 is 24.4 Å². The molecule has 2 N–H and O–H groups in total. The summed E-state index contributed by atoms with van der Waals surface area (Å²) in [6.45, 7) is 0.265. The number of rotatable bonds is 10. The van der Waals surface area contributed by atoms with Crippen LogP contribution < -0.4 is 15.0 Å². The predicted molar refractivity (Wildman–Crippen MR) is 100 cm³/mol. The molecule has 1 aromatic heterocycles. The van der Waals surface area contributed by atoms with E-state index in [0.29, 0.717) is 16.0 Å². The van der Waals surface area contributed by atoms with Crippen LogP contribution in [0.4, 0.5) is 13.2 Å². The van der Waals surface area contributed by atoms with Crippen LogP contribution in [0.15, 0.2) is 35.3 Å². The molecule has 2 aromatic rings. The molecule has 0 radical (unpaired) electrons. The minimum Gasteiger partial charge on any atom is -0.497 e. The van der Waals surface area contributed by atoms with Crippen LogP contribution in [-0.2, 0) is 22.3 Å². The molecule has 0 aliphatic rings. The van der Waals surface area contributed by atoms with Crippen molar-refractivity contribution in [3.05, 3.63) is 51.9 Å². The van der Waals surface area contributed by atoms with Crippen molar-refractivity contribution in [3.63, 3.8) is 0 Å². The van der Waals surface area contributed by atoms with Gasteiger partial charge in [-0.2, -0.15) is 18.3 Å². The molecule has 31 heavy (non-hydrogen) atoms. The first kappa shape index (κ1) is 24.2. The zero-order chi connectivity index (χ0) is 23.2. The number of ether oxygens (including phenoxy) is 3. The summed E-state index contributed by atoms with van der Waals surface area (Å²) in [4.78, 5) is 23.0. The first-order valence-electron chi connectivity index (χ1n) is 8.98. The summed E-state index contributed by atoms with van der Waals surface area (Å²) in [6, 6.07) is 6.39. The molecule has 2 rings (SSSR count). The molecular formula is C19H21F3N2O7. The summed E-state index contributed by atoms with van der Waals surface area (Å²) in [7, 11) is 1.47. The Morgan fingerprint density at radius 1 is 1.23 bits per heavy atom. The summed E-state index contributed by atoms with van der Waals surface area (Å²) < 4.78 is 56.4. The van der Waals surface area contributed by atoms with Crippen molar-refractivity contribution < 1.29 is 42.4 Å². The Labute approximate surface area is 174 Å². The smallest absolute Gasteiger partial charge is 0.425 e. The maximum Gasteiger partial charge on any atom is 0.425 e. The SMILES string of the molecule is COc1ccc(Cn2ncc(OC(C)COCC(O)C(=O)O)c(C(F)(F)F)c2=O)cc1.